The normalized spacial score (nSPS) is 17.1. The van der Waals surface area contributed by atoms with Gasteiger partial charge in [0.1, 0.15) is 0 Å². The van der Waals surface area contributed by atoms with Crippen LogP contribution in [0.1, 0.15) is 31.0 Å². The summed E-state index contributed by atoms with van der Waals surface area (Å²) in [4.78, 5) is 0. The van der Waals surface area contributed by atoms with E-state index in [1.165, 1.54) is 5.56 Å². The zero-order chi connectivity index (χ0) is 11.4. The average molecular weight is 225 g/mol. The summed E-state index contributed by atoms with van der Waals surface area (Å²) in [5.41, 5.74) is 8.35. The third kappa shape index (κ3) is 3.14. The van der Waals surface area contributed by atoms with Crippen molar-refractivity contribution in [2.24, 2.45) is 5.73 Å². The van der Waals surface area contributed by atoms with Gasteiger partial charge in [0.2, 0.25) is 0 Å². The molecule has 0 saturated carbocycles. The van der Waals surface area contributed by atoms with E-state index in [0.717, 1.165) is 5.56 Å². The first-order valence-corrected chi connectivity index (χ1v) is 6.63. The van der Waals surface area contributed by atoms with Gasteiger partial charge in [0.15, 0.2) is 0 Å². The minimum atomic E-state index is -0.833. The van der Waals surface area contributed by atoms with Crippen LogP contribution < -0.4 is 5.73 Å². The van der Waals surface area contributed by atoms with Crippen molar-refractivity contribution in [3.63, 3.8) is 0 Å². The van der Waals surface area contributed by atoms with Crippen molar-refractivity contribution in [1.82, 2.24) is 0 Å². The quantitative estimate of drug-likeness (QED) is 0.853. The second kappa shape index (κ2) is 5.42. The Morgan fingerprint density at radius 3 is 2.33 bits per heavy atom. The molecule has 0 fully saturated rings. The number of aryl methyl sites for hydroxylation is 1. The lowest BCUT2D eigenvalue weighted by Crippen LogP contribution is -2.28. The molecule has 3 unspecified atom stereocenters. The van der Waals surface area contributed by atoms with E-state index in [0.29, 0.717) is 5.75 Å². The third-order valence-electron chi connectivity index (χ3n) is 2.67. The molecule has 0 radical (unpaired) electrons. The van der Waals surface area contributed by atoms with Gasteiger partial charge in [0.05, 0.1) is 5.25 Å². The molecule has 0 amide bonds. The molecule has 0 heterocycles. The minimum absolute atomic E-state index is 0.0118. The molecule has 1 rings (SSSR count). The van der Waals surface area contributed by atoms with Crippen LogP contribution >= 0.6 is 0 Å². The van der Waals surface area contributed by atoms with Gasteiger partial charge in [-0.15, -0.1) is 0 Å². The Bertz CT molecular complexity index is 334. The van der Waals surface area contributed by atoms with Crippen molar-refractivity contribution in [2.45, 2.75) is 32.1 Å². The van der Waals surface area contributed by atoms with E-state index in [4.69, 9.17) is 5.73 Å². The van der Waals surface area contributed by atoms with Gasteiger partial charge in [0.25, 0.3) is 0 Å². The summed E-state index contributed by atoms with van der Waals surface area (Å²) in [5, 5.41) is 0.0118. The minimum Gasteiger partial charge on any atom is -0.323 e. The van der Waals surface area contributed by atoms with Crippen LogP contribution in [0.4, 0.5) is 0 Å². The van der Waals surface area contributed by atoms with Crippen LogP contribution in [0.25, 0.3) is 0 Å². The van der Waals surface area contributed by atoms with Crippen LogP contribution in [0.5, 0.6) is 0 Å². The summed E-state index contributed by atoms with van der Waals surface area (Å²) in [6, 6.07) is 7.98. The van der Waals surface area contributed by atoms with Crippen molar-refractivity contribution in [2.75, 3.05) is 5.75 Å². The summed E-state index contributed by atoms with van der Waals surface area (Å²) < 4.78 is 11.6. The maximum Gasteiger partial charge on any atom is 0.0512 e. The van der Waals surface area contributed by atoms with Crippen LogP contribution in [-0.4, -0.2) is 15.2 Å². The first-order chi connectivity index (χ1) is 7.06. The summed E-state index contributed by atoms with van der Waals surface area (Å²) in [5.74, 6) is 0.667. The summed E-state index contributed by atoms with van der Waals surface area (Å²) >= 11 is 0. The monoisotopic (exact) mass is 225 g/mol. The molecule has 0 aliphatic rings. The Balaban J connectivity index is 2.80. The standard InChI is InChI=1S/C12H19NOS/c1-4-15(14)10(3)12(13)11-7-5-9(2)6-8-11/h5-8,10,12H,4,13H2,1-3H3. The largest absolute Gasteiger partial charge is 0.323 e. The molecular weight excluding hydrogens is 206 g/mol. The summed E-state index contributed by atoms with van der Waals surface area (Å²) in [6.45, 7) is 5.92. The molecule has 0 bridgehead atoms. The zero-order valence-electron chi connectivity index (χ0n) is 9.57. The molecule has 1 aromatic rings. The molecule has 1 aromatic carbocycles. The van der Waals surface area contributed by atoms with Crippen LogP contribution in [-0.2, 0) is 10.8 Å². The smallest absolute Gasteiger partial charge is 0.0512 e. The molecule has 84 valence electrons. The first kappa shape index (κ1) is 12.4. The van der Waals surface area contributed by atoms with E-state index >= 15 is 0 Å². The number of nitrogens with two attached hydrogens (primary N) is 1. The van der Waals surface area contributed by atoms with Gasteiger partial charge in [-0.25, -0.2) is 0 Å². The maximum absolute atomic E-state index is 11.6. The molecule has 0 aromatic heterocycles. The van der Waals surface area contributed by atoms with Gasteiger partial charge in [-0.3, -0.25) is 4.21 Å². The Morgan fingerprint density at radius 2 is 1.87 bits per heavy atom. The van der Waals surface area contributed by atoms with E-state index in [9.17, 15) is 4.21 Å². The first-order valence-electron chi connectivity index (χ1n) is 5.25. The van der Waals surface area contributed by atoms with Gasteiger partial charge in [-0.1, -0.05) is 36.8 Å². The van der Waals surface area contributed by atoms with Gasteiger partial charge in [-0.05, 0) is 19.4 Å². The maximum atomic E-state index is 11.6. The predicted molar refractivity (Wildman–Crippen MR) is 66.3 cm³/mol. The second-order valence-electron chi connectivity index (χ2n) is 3.81. The predicted octanol–water partition coefficient (Wildman–Crippen LogP) is 2.15. The van der Waals surface area contributed by atoms with Gasteiger partial charge >= 0.3 is 0 Å². The van der Waals surface area contributed by atoms with Crippen molar-refractivity contribution < 1.29 is 4.21 Å². The molecule has 0 aliphatic heterocycles. The van der Waals surface area contributed by atoms with E-state index in [1.807, 2.05) is 45.0 Å². The fraction of sp³-hybridized carbons (Fsp3) is 0.500. The van der Waals surface area contributed by atoms with Crippen molar-refractivity contribution in [3.05, 3.63) is 35.4 Å². The van der Waals surface area contributed by atoms with E-state index in [2.05, 4.69) is 0 Å². The molecule has 0 saturated heterocycles. The van der Waals surface area contributed by atoms with Gasteiger partial charge in [-0.2, -0.15) is 0 Å². The molecule has 15 heavy (non-hydrogen) atoms. The molecule has 0 aliphatic carbocycles. The Kier molecular flexibility index (Phi) is 4.48. The zero-order valence-corrected chi connectivity index (χ0v) is 10.4. The van der Waals surface area contributed by atoms with E-state index < -0.39 is 10.8 Å². The van der Waals surface area contributed by atoms with Crippen LogP contribution in [0.15, 0.2) is 24.3 Å². The Morgan fingerprint density at radius 1 is 1.33 bits per heavy atom. The molecular formula is C12H19NOS. The number of hydrogen-bond acceptors (Lipinski definition) is 2. The fourth-order valence-electron chi connectivity index (χ4n) is 1.49. The van der Waals surface area contributed by atoms with E-state index in [-0.39, 0.29) is 11.3 Å². The average Bonchev–Trinajstić information content (AvgIpc) is 2.27. The lowest BCUT2D eigenvalue weighted by atomic mass is 10.0. The third-order valence-corrected chi connectivity index (χ3v) is 4.36. The molecule has 0 spiro atoms. The number of hydrogen-bond donors (Lipinski definition) is 1. The lowest BCUT2D eigenvalue weighted by molar-refractivity contribution is 0.644. The molecule has 2 nitrogen and oxygen atoms in total. The number of benzene rings is 1. The van der Waals surface area contributed by atoms with Crippen LogP contribution in [0.3, 0.4) is 0 Å². The highest BCUT2D eigenvalue weighted by molar-refractivity contribution is 7.85. The molecule has 3 atom stereocenters. The highest BCUT2D eigenvalue weighted by atomic mass is 32.2. The second-order valence-corrected chi connectivity index (χ2v) is 5.89. The lowest BCUT2D eigenvalue weighted by Gasteiger charge is -2.19. The van der Waals surface area contributed by atoms with Crippen molar-refractivity contribution >= 4 is 10.8 Å². The van der Waals surface area contributed by atoms with Crippen LogP contribution in [0, 0.1) is 6.92 Å². The van der Waals surface area contributed by atoms with Crippen molar-refractivity contribution in [3.8, 4) is 0 Å². The van der Waals surface area contributed by atoms with E-state index in [1.54, 1.807) is 0 Å². The summed E-state index contributed by atoms with van der Waals surface area (Å²) in [7, 11) is -0.833. The highest BCUT2D eigenvalue weighted by Crippen LogP contribution is 2.18. The fourth-order valence-corrected chi connectivity index (χ4v) is 2.50. The summed E-state index contributed by atoms with van der Waals surface area (Å²) in [6.07, 6.45) is 0. The van der Waals surface area contributed by atoms with Gasteiger partial charge < -0.3 is 5.73 Å². The Hall–Kier alpha value is -0.670. The van der Waals surface area contributed by atoms with Crippen LogP contribution in [0.2, 0.25) is 0 Å². The van der Waals surface area contributed by atoms with Crippen molar-refractivity contribution in [1.29, 1.82) is 0 Å². The molecule has 2 N–H and O–H groups in total. The Labute approximate surface area is 94.3 Å². The highest BCUT2D eigenvalue weighted by Gasteiger charge is 2.19. The SMILES string of the molecule is CCS(=O)C(C)C(N)c1ccc(C)cc1. The molecule has 3 heteroatoms. The van der Waals surface area contributed by atoms with Gasteiger partial charge in [0, 0.05) is 22.6 Å². The topological polar surface area (TPSA) is 43.1 Å². The number of rotatable bonds is 4.